The quantitative estimate of drug-likeness (QED) is 0.125. The summed E-state index contributed by atoms with van der Waals surface area (Å²) < 4.78 is 20.7. The number of hydrogen-bond acceptors (Lipinski definition) is 8. The zero-order chi connectivity index (χ0) is 30.2. The van der Waals surface area contributed by atoms with Gasteiger partial charge in [-0.1, -0.05) is 84.9 Å². The maximum Gasteiger partial charge on any atom is 2.00 e. The Kier molecular flexibility index (Phi) is 15.8. The van der Waals surface area contributed by atoms with Crippen LogP contribution in [0.4, 0.5) is 0 Å². The molecule has 4 rings (SSSR count). The van der Waals surface area contributed by atoms with E-state index in [2.05, 4.69) is 0 Å². The smallest absolute Gasteiger partial charge is 0.542 e. The predicted octanol–water partition coefficient (Wildman–Crippen LogP) is 3.62. The third-order valence-electron chi connectivity index (χ3n) is 5.69. The number of rotatable bonds is 12. The van der Waals surface area contributed by atoms with Gasteiger partial charge in [-0.3, -0.25) is 0 Å². The van der Waals surface area contributed by atoms with E-state index < -0.39 is 11.9 Å². The largest absolute Gasteiger partial charge is 2.00 e. The maximum atomic E-state index is 10.7. The molecule has 0 aromatic heterocycles. The van der Waals surface area contributed by atoms with Crippen LogP contribution in [-0.2, 0) is 32.3 Å². The molecule has 0 unspecified atom stereocenters. The summed E-state index contributed by atoms with van der Waals surface area (Å²) in [6.45, 7) is 0.969. The van der Waals surface area contributed by atoms with Crippen molar-refractivity contribution >= 4 is 73.0 Å². The van der Waals surface area contributed by atoms with Crippen LogP contribution in [0.3, 0.4) is 0 Å². The van der Waals surface area contributed by atoms with Crippen LogP contribution in [0.1, 0.15) is 22.3 Å². The Bertz CT molecular complexity index is 1350. The average Bonchev–Trinajstić information content (AvgIpc) is 3.02. The molecule has 4 aromatic rings. The minimum absolute atomic E-state index is 0. The van der Waals surface area contributed by atoms with Crippen LogP contribution in [0.5, 0.6) is 11.5 Å². The summed E-state index contributed by atoms with van der Waals surface area (Å²) >= 11 is 0. The van der Waals surface area contributed by atoms with Crippen molar-refractivity contribution in [3.63, 3.8) is 0 Å². The van der Waals surface area contributed by atoms with E-state index in [-0.39, 0.29) is 60.4 Å². The molecule has 216 valence electrons. The second-order valence-corrected chi connectivity index (χ2v) is 8.69. The van der Waals surface area contributed by atoms with Gasteiger partial charge in [-0.15, -0.1) is 0 Å². The average molecular weight is 704 g/mol. The van der Waals surface area contributed by atoms with Gasteiger partial charge in [0.1, 0.15) is 48.2 Å². The van der Waals surface area contributed by atoms with E-state index in [1.54, 1.807) is 48.5 Å². The maximum absolute atomic E-state index is 10.7. The molecule has 0 aliphatic heterocycles. The summed E-state index contributed by atoms with van der Waals surface area (Å²) in [6, 6.07) is 33.8. The number of methoxy groups -OCH3 is 2. The molecule has 0 saturated heterocycles. The van der Waals surface area contributed by atoms with Gasteiger partial charge in [0, 0.05) is 0 Å². The zero-order valence-electron chi connectivity index (χ0n) is 23.9. The van der Waals surface area contributed by atoms with E-state index in [0.717, 1.165) is 11.1 Å². The van der Waals surface area contributed by atoms with Crippen molar-refractivity contribution in [3.05, 3.63) is 143 Å². The summed E-state index contributed by atoms with van der Waals surface area (Å²) in [4.78, 5) is 21.5. The van der Waals surface area contributed by atoms with Gasteiger partial charge in [0.25, 0.3) is 0 Å². The first-order valence-electron chi connectivity index (χ1n) is 12.9. The topological polar surface area (TPSA) is 117 Å². The van der Waals surface area contributed by atoms with Gasteiger partial charge in [-0.05, 0) is 58.7 Å². The summed E-state index contributed by atoms with van der Waals surface area (Å²) in [5, 5.41) is 21.5. The van der Waals surface area contributed by atoms with Crippen LogP contribution in [0.15, 0.2) is 121 Å². The van der Waals surface area contributed by atoms with Gasteiger partial charge in [0.15, 0.2) is 0 Å². The Morgan fingerprint density at radius 2 is 0.884 bits per heavy atom. The zero-order valence-corrected chi connectivity index (χ0v) is 28.4. The molecule has 0 saturated carbocycles. The number of carboxylic acid groups (broad SMARTS) is 2. The molecule has 0 N–H and O–H groups in total. The minimum Gasteiger partial charge on any atom is -0.542 e. The molecule has 0 amide bonds. The summed E-state index contributed by atoms with van der Waals surface area (Å²) in [6.07, 6.45) is 2.80. The molecule has 0 spiro atoms. The Morgan fingerprint density at radius 1 is 0.558 bits per heavy atom. The number of carbonyl (C=O) groups is 2. The predicted molar refractivity (Wildman–Crippen MR) is 160 cm³/mol. The van der Waals surface area contributed by atoms with Crippen molar-refractivity contribution in [3.8, 4) is 11.5 Å². The number of carbonyl (C=O) groups excluding carboxylic acids is 2. The van der Waals surface area contributed by atoms with Crippen molar-refractivity contribution in [2.45, 2.75) is 13.2 Å². The van der Waals surface area contributed by atoms with Crippen molar-refractivity contribution in [2.24, 2.45) is 0 Å². The first-order chi connectivity index (χ1) is 20.4. The first kappa shape index (κ1) is 35.3. The van der Waals surface area contributed by atoms with E-state index in [4.69, 9.17) is 18.9 Å². The third kappa shape index (κ3) is 12.9. The van der Waals surface area contributed by atoms with Crippen molar-refractivity contribution in [2.75, 3.05) is 14.2 Å². The van der Waals surface area contributed by atoms with Crippen LogP contribution < -0.4 is 19.7 Å². The molecule has 0 aliphatic rings. The van der Waals surface area contributed by atoms with Crippen LogP contribution in [0.25, 0.3) is 12.2 Å². The molecule has 4 aromatic carbocycles. The molecule has 9 heteroatoms. The Balaban J connectivity index is 0.000000293. The van der Waals surface area contributed by atoms with E-state index in [9.17, 15) is 19.8 Å². The minimum atomic E-state index is -1.35. The van der Waals surface area contributed by atoms with E-state index >= 15 is 0 Å². The summed E-state index contributed by atoms with van der Waals surface area (Å²) in [5.74, 6) is -1.70. The van der Waals surface area contributed by atoms with Crippen LogP contribution in [0, 0.1) is 0 Å². The normalized spacial score (nSPS) is 10.7. The van der Waals surface area contributed by atoms with Gasteiger partial charge in [-0.25, -0.2) is 0 Å². The SMILES string of the molecule is CO/C(=C\c1ccc(OCc2ccccc2)cc1)C(=O)[O-].CO/C(=C\c1ccc(OCc2ccccc2)cc1)C(=O)[O-].[Ba+2]. The van der Waals surface area contributed by atoms with Crippen molar-refractivity contribution < 1.29 is 38.7 Å². The second kappa shape index (κ2) is 19.3. The van der Waals surface area contributed by atoms with Gasteiger partial charge < -0.3 is 38.7 Å². The molecule has 0 bridgehead atoms. The molecule has 0 fully saturated rings. The van der Waals surface area contributed by atoms with E-state index in [1.165, 1.54) is 26.4 Å². The number of ether oxygens (including phenoxy) is 4. The van der Waals surface area contributed by atoms with E-state index in [1.807, 2.05) is 60.7 Å². The van der Waals surface area contributed by atoms with E-state index in [0.29, 0.717) is 35.8 Å². The van der Waals surface area contributed by atoms with Crippen molar-refractivity contribution in [1.29, 1.82) is 0 Å². The van der Waals surface area contributed by atoms with Gasteiger partial charge in [0.2, 0.25) is 0 Å². The fraction of sp³-hybridized carbons (Fsp3) is 0.118. The van der Waals surface area contributed by atoms with Crippen LogP contribution >= 0.6 is 0 Å². The Hall–Kier alpha value is -3.93. The summed E-state index contributed by atoms with van der Waals surface area (Å²) in [7, 11) is 2.58. The molecule has 8 nitrogen and oxygen atoms in total. The van der Waals surface area contributed by atoms with Crippen molar-refractivity contribution in [1.82, 2.24) is 0 Å². The first-order valence-corrected chi connectivity index (χ1v) is 12.9. The fourth-order valence-electron chi connectivity index (χ4n) is 3.51. The molecular formula is C34H30BaO8. The Labute approximate surface area is 291 Å². The Morgan fingerprint density at radius 3 is 1.16 bits per heavy atom. The standard InChI is InChI=1S/2C17H16O4.Ba/c2*1-20-16(17(18)19)11-13-7-9-15(10-8-13)21-12-14-5-3-2-4-6-14;/h2*2-11H,12H2,1H3,(H,18,19);/q;;+2/p-2/b2*16-11-;. The number of benzene rings is 4. The molecule has 0 heterocycles. The number of aliphatic carboxylic acids is 2. The molecule has 0 atom stereocenters. The van der Waals surface area contributed by atoms with Crippen LogP contribution in [0.2, 0.25) is 0 Å². The molecule has 0 radical (unpaired) electrons. The fourth-order valence-corrected chi connectivity index (χ4v) is 3.51. The van der Waals surface area contributed by atoms with Crippen LogP contribution in [-0.4, -0.2) is 75.0 Å². The molecule has 0 aliphatic carbocycles. The molecule has 43 heavy (non-hydrogen) atoms. The third-order valence-corrected chi connectivity index (χ3v) is 5.69. The monoisotopic (exact) mass is 704 g/mol. The van der Waals surface area contributed by atoms with Gasteiger partial charge in [-0.2, -0.15) is 0 Å². The number of carboxylic acids is 2. The molecular weight excluding hydrogens is 674 g/mol. The number of hydrogen-bond donors (Lipinski definition) is 0. The second-order valence-electron chi connectivity index (χ2n) is 8.69. The summed E-state index contributed by atoms with van der Waals surface area (Å²) in [5.41, 5.74) is 3.56. The van der Waals surface area contributed by atoms with Gasteiger partial charge >= 0.3 is 48.9 Å². The van der Waals surface area contributed by atoms with Gasteiger partial charge in [0.05, 0.1) is 14.2 Å².